The maximum atomic E-state index is 13.6. The Morgan fingerprint density at radius 3 is 2.24 bits per heavy atom. The summed E-state index contributed by atoms with van der Waals surface area (Å²) >= 11 is 6.38. The Morgan fingerprint density at radius 2 is 1.56 bits per heavy atom. The van der Waals surface area contributed by atoms with E-state index in [1.54, 1.807) is 12.1 Å². The molecule has 2 atom stereocenters. The van der Waals surface area contributed by atoms with Gasteiger partial charge in [-0.3, -0.25) is 39.1 Å². The van der Waals surface area contributed by atoms with E-state index in [0.29, 0.717) is 47.1 Å². The predicted octanol–water partition coefficient (Wildman–Crippen LogP) is 4.32. The van der Waals surface area contributed by atoms with Crippen molar-refractivity contribution < 1.29 is 24.0 Å². The molecule has 306 valence electrons. The highest BCUT2D eigenvalue weighted by Crippen LogP contribution is 2.46. The first-order valence-electron chi connectivity index (χ1n) is 20.8. The van der Waals surface area contributed by atoms with Crippen LogP contribution in [0.5, 0.6) is 0 Å². The van der Waals surface area contributed by atoms with Crippen LogP contribution in [-0.4, -0.2) is 126 Å². The number of nitrogens with one attached hydrogen (secondary N) is 1. The molecule has 2 aromatic carbocycles. The Bertz CT molecular complexity index is 2240. The van der Waals surface area contributed by atoms with E-state index in [9.17, 15) is 29.2 Å². The lowest BCUT2D eigenvalue weighted by atomic mass is 9.76. The second kappa shape index (κ2) is 15.6. The molecule has 1 spiro atoms. The first-order chi connectivity index (χ1) is 28.5. The largest absolute Gasteiger partial charge is 0.371 e. The second-order valence-electron chi connectivity index (χ2n) is 17.1. The summed E-state index contributed by atoms with van der Waals surface area (Å²) < 4.78 is 0. The van der Waals surface area contributed by atoms with Crippen molar-refractivity contribution >= 4 is 58.3 Å². The van der Waals surface area contributed by atoms with E-state index in [1.807, 2.05) is 35.2 Å². The number of carbonyl (C=O) groups excluding carboxylic acids is 5. The highest BCUT2D eigenvalue weighted by atomic mass is 35.5. The average Bonchev–Trinajstić information content (AvgIpc) is 3.71. The maximum Gasteiger partial charge on any atom is 0.281 e. The van der Waals surface area contributed by atoms with Crippen molar-refractivity contribution in [1.29, 1.82) is 5.26 Å². The number of rotatable bonds is 6. The van der Waals surface area contributed by atoms with Gasteiger partial charge in [0.2, 0.25) is 11.8 Å². The van der Waals surface area contributed by atoms with Crippen molar-refractivity contribution in [3.63, 3.8) is 0 Å². The van der Waals surface area contributed by atoms with E-state index in [4.69, 9.17) is 11.6 Å². The summed E-state index contributed by atoms with van der Waals surface area (Å²) in [5, 5.41) is 12.0. The van der Waals surface area contributed by atoms with Gasteiger partial charge in [0.05, 0.1) is 16.1 Å². The predicted molar refractivity (Wildman–Crippen MR) is 222 cm³/mol. The zero-order valence-corrected chi connectivity index (χ0v) is 34.0. The van der Waals surface area contributed by atoms with Gasteiger partial charge in [-0.1, -0.05) is 11.6 Å². The van der Waals surface area contributed by atoms with E-state index < -0.39 is 29.7 Å². The smallest absolute Gasteiger partial charge is 0.281 e. The van der Waals surface area contributed by atoms with E-state index in [0.717, 1.165) is 94.2 Å². The summed E-state index contributed by atoms with van der Waals surface area (Å²) in [7, 11) is 0. The fourth-order valence-corrected chi connectivity index (χ4v) is 10.5. The number of piperazine rings is 1. The molecule has 1 N–H and O–H groups in total. The Labute approximate surface area is 348 Å². The number of benzene rings is 2. The molecule has 9 rings (SSSR count). The number of carbonyl (C=O) groups is 5. The normalized spacial score (nSPS) is 23.8. The number of piperidine rings is 3. The molecule has 5 amide bonds. The van der Waals surface area contributed by atoms with E-state index >= 15 is 0 Å². The van der Waals surface area contributed by atoms with Gasteiger partial charge < -0.3 is 19.6 Å². The molecule has 1 aromatic heterocycles. The highest BCUT2D eigenvalue weighted by Gasteiger charge is 2.47. The number of nitriles is 1. The quantitative estimate of drug-likeness (QED) is 0.354. The van der Waals surface area contributed by atoms with E-state index in [1.165, 1.54) is 0 Å². The zero-order valence-electron chi connectivity index (χ0n) is 33.2. The Kier molecular flexibility index (Phi) is 10.3. The summed E-state index contributed by atoms with van der Waals surface area (Å²) in [6, 6.07) is 19.2. The summed E-state index contributed by atoms with van der Waals surface area (Å²) in [5.74, 6) is -1.51. The van der Waals surface area contributed by atoms with Crippen LogP contribution in [0.3, 0.4) is 0 Å². The van der Waals surface area contributed by atoms with Crippen LogP contribution in [0, 0.1) is 16.7 Å². The Balaban J connectivity index is 0.736. The van der Waals surface area contributed by atoms with Crippen molar-refractivity contribution in [3.8, 4) is 6.07 Å². The molecule has 0 aliphatic carbocycles. The standard InChI is InChI=1S/C44H48ClN9O5/c1-28-25-44(27-53(28)33-7-4-30(26-46)35(45)24-33)14-18-49(19-15-44)31-5-2-29(3-6-31)41(57)52-22-20-50(21-23-52)32-12-16-51(17-13-32)37-10-8-34-39(47-37)43(59)54(42(34)58)36-9-11-38(55)48-40(36)56/h2-8,10,24,28,32,36H,9,11-23,25,27H2,1H3,(H,48,55,56)/t28-,36?/m0/s1. The van der Waals surface area contributed by atoms with E-state index in [-0.39, 0.29) is 35.4 Å². The second-order valence-corrected chi connectivity index (χ2v) is 17.5. The molecule has 0 bridgehead atoms. The molecule has 59 heavy (non-hydrogen) atoms. The minimum Gasteiger partial charge on any atom is -0.371 e. The molecule has 0 saturated carbocycles. The van der Waals surface area contributed by atoms with Crippen molar-refractivity contribution in [2.75, 3.05) is 73.6 Å². The number of hydrogen-bond acceptors (Lipinski definition) is 11. The number of pyridine rings is 1. The first-order valence-corrected chi connectivity index (χ1v) is 21.2. The number of anilines is 3. The van der Waals surface area contributed by atoms with E-state index in [2.05, 4.69) is 55.0 Å². The lowest BCUT2D eigenvalue weighted by Gasteiger charge is -2.43. The Morgan fingerprint density at radius 1 is 0.847 bits per heavy atom. The van der Waals surface area contributed by atoms with Crippen LogP contribution in [-0.2, 0) is 9.59 Å². The van der Waals surface area contributed by atoms with Gasteiger partial charge in [0.15, 0.2) is 0 Å². The summed E-state index contributed by atoms with van der Waals surface area (Å²) in [4.78, 5) is 81.1. The van der Waals surface area contributed by atoms with Crippen molar-refractivity contribution in [3.05, 3.63) is 82.0 Å². The average molecular weight is 818 g/mol. The molecule has 0 radical (unpaired) electrons. The van der Waals surface area contributed by atoms with Gasteiger partial charge in [-0.2, -0.15) is 5.26 Å². The monoisotopic (exact) mass is 817 g/mol. The van der Waals surface area contributed by atoms with Crippen LogP contribution >= 0.6 is 11.6 Å². The Hall–Kier alpha value is -5.52. The number of hydrogen-bond donors (Lipinski definition) is 1. The minimum atomic E-state index is -1.02. The number of imide groups is 2. The number of amides is 5. The molecule has 6 aliphatic heterocycles. The van der Waals surface area contributed by atoms with Crippen LogP contribution in [0.2, 0.25) is 5.02 Å². The third-order valence-electron chi connectivity index (χ3n) is 13.7. The lowest BCUT2D eigenvalue weighted by molar-refractivity contribution is -0.136. The van der Waals surface area contributed by atoms with Gasteiger partial charge in [-0.05, 0) is 105 Å². The van der Waals surface area contributed by atoms with Crippen LogP contribution in [0.25, 0.3) is 0 Å². The number of aromatic nitrogens is 1. The first kappa shape index (κ1) is 39.0. The molecule has 14 nitrogen and oxygen atoms in total. The fourth-order valence-electron chi connectivity index (χ4n) is 10.3. The van der Waals surface area contributed by atoms with Gasteiger partial charge in [0.1, 0.15) is 23.6 Å². The third kappa shape index (κ3) is 7.29. The van der Waals surface area contributed by atoms with Crippen LogP contribution < -0.4 is 20.0 Å². The molecule has 15 heteroatoms. The van der Waals surface area contributed by atoms with Gasteiger partial charge >= 0.3 is 0 Å². The van der Waals surface area contributed by atoms with Gasteiger partial charge in [-0.15, -0.1) is 0 Å². The molecule has 1 unspecified atom stereocenters. The highest BCUT2D eigenvalue weighted by molar-refractivity contribution is 6.32. The van der Waals surface area contributed by atoms with Gasteiger partial charge in [0.25, 0.3) is 17.7 Å². The fraction of sp³-hybridized carbons (Fsp3) is 0.477. The third-order valence-corrected chi connectivity index (χ3v) is 14.0. The summed E-state index contributed by atoms with van der Waals surface area (Å²) in [5.41, 5.74) is 3.93. The molecule has 5 fully saturated rings. The van der Waals surface area contributed by atoms with Crippen LogP contribution in [0.1, 0.15) is 88.6 Å². The van der Waals surface area contributed by atoms with Crippen molar-refractivity contribution in [2.45, 2.75) is 70.0 Å². The van der Waals surface area contributed by atoms with Crippen LogP contribution in [0.15, 0.2) is 54.6 Å². The van der Waals surface area contributed by atoms with Gasteiger partial charge in [0, 0.05) is 94.3 Å². The maximum absolute atomic E-state index is 13.6. The SMILES string of the molecule is C[C@H]1CC2(CCN(c3ccc(C(=O)N4CCN(C5CCN(c6ccc7c(n6)C(=O)N(C6CCC(=O)NC6=O)C7=O)CC5)CC4)cc3)CC2)CN1c1ccc(C#N)c(Cl)c1. The topological polar surface area (TPSA) is 154 Å². The number of fused-ring (bicyclic) bond motifs is 1. The molecular formula is C44H48ClN9O5. The number of nitrogens with zero attached hydrogens (tertiary/aromatic N) is 8. The summed E-state index contributed by atoms with van der Waals surface area (Å²) in [6.07, 6.45) is 5.32. The van der Waals surface area contributed by atoms with Crippen molar-refractivity contribution in [2.24, 2.45) is 5.41 Å². The van der Waals surface area contributed by atoms with Gasteiger partial charge in [-0.25, -0.2) is 4.98 Å². The lowest BCUT2D eigenvalue weighted by Crippen LogP contribution is -2.54. The zero-order chi connectivity index (χ0) is 41.0. The van der Waals surface area contributed by atoms with Crippen LogP contribution in [0.4, 0.5) is 17.2 Å². The van der Waals surface area contributed by atoms with Crippen molar-refractivity contribution in [1.82, 2.24) is 25.0 Å². The summed E-state index contributed by atoms with van der Waals surface area (Å²) in [6.45, 7) is 9.65. The molecule has 5 saturated heterocycles. The molecule has 6 aliphatic rings. The molecule has 7 heterocycles. The molecule has 3 aromatic rings. The molecular weight excluding hydrogens is 770 g/mol. The minimum absolute atomic E-state index is 0.0501. The number of halogens is 1.